The Morgan fingerprint density at radius 1 is 1.00 bits per heavy atom. The van der Waals surface area contributed by atoms with E-state index in [-0.39, 0.29) is 24.8 Å². The van der Waals surface area contributed by atoms with Gasteiger partial charge in [0.15, 0.2) is 6.29 Å². The molecular formula is C11H17NO6V. The molecule has 0 saturated carbocycles. The number of rotatable bonds is 5. The van der Waals surface area contributed by atoms with E-state index in [1.807, 2.05) is 18.2 Å². The van der Waals surface area contributed by atoms with Gasteiger partial charge in [-0.2, -0.15) is 0 Å². The van der Waals surface area contributed by atoms with E-state index in [1.54, 1.807) is 12.4 Å². The van der Waals surface area contributed by atoms with Crippen molar-refractivity contribution in [2.75, 3.05) is 6.61 Å². The number of carbonyl (C=O) groups excluding carboxylic acids is 1. The van der Waals surface area contributed by atoms with E-state index in [9.17, 15) is 4.79 Å². The van der Waals surface area contributed by atoms with Crippen LogP contribution in [0.3, 0.4) is 0 Å². The van der Waals surface area contributed by atoms with E-state index in [0.717, 1.165) is 0 Å². The number of hydrogen-bond donors (Lipinski definition) is 5. The molecule has 0 aliphatic heterocycles. The molecule has 0 aliphatic carbocycles. The van der Waals surface area contributed by atoms with Crippen LogP contribution < -0.4 is 0 Å². The predicted octanol–water partition coefficient (Wildman–Crippen LogP) is -2.30. The molecule has 5 N–H and O–H groups in total. The fourth-order valence-electron chi connectivity index (χ4n) is 0.931. The minimum atomic E-state index is -1.79. The Bertz CT molecular complexity index is 289. The second-order valence-corrected chi connectivity index (χ2v) is 3.38. The van der Waals surface area contributed by atoms with Crippen molar-refractivity contribution in [3.8, 4) is 0 Å². The van der Waals surface area contributed by atoms with Gasteiger partial charge in [0.1, 0.15) is 24.4 Å². The van der Waals surface area contributed by atoms with Gasteiger partial charge < -0.3 is 30.3 Å². The van der Waals surface area contributed by atoms with Crippen molar-refractivity contribution >= 4 is 6.29 Å². The number of nitrogens with zero attached hydrogens (tertiary/aromatic N) is 1. The second-order valence-electron chi connectivity index (χ2n) is 3.38. The van der Waals surface area contributed by atoms with Crippen molar-refractivity contribution in [3.63, 3.8) is 0 Å². The molecule has 0 spiro atoms. The van der Waals surface area contributed by atoms with Crippen LogP contribution in [0.1, 0.15) is 0 Å². The van der Waals surface area contributed by atoms with E-state index < -0.39 is 31.0 Å². The molecule has 107 valence electrons. The first-order valence-corrected chi connectivity index (χ1v) is 5.18. The molecule has 0 fully saturated rings. The van der Waals surface area contributed by atoms with Gasteiger partial charge in [-0.3, -0.25) is 4.98 Å². The van der Waals surface area contributed by atoms with Gasteiger partial charge >= 0.3 is 0 Å². The SMILES string of the molecule is O=CC(O)C(O)C(O)C(O)CO.[V].c1ccncc1. The summed E-state index contributed by atoms with van der Waals surface area (Å²) in [5, 5.41) is 43.5. The average Bonchev–Trinajstić information content (AvgIpc) is 2.46. The van der Waals surface area contributed by atoms with Crippen LogP contribution >= 0.6 is 0 Å². The number of hydrogen-bond acceptors (Lipinski definition) is 7. The number of aliphatic hydroxyl groups excluding tert-OH is 5. The third kappa shape index (κ3) is 8.85. The van der Waals surface area contributed by atoms with Gasteiger partial charge in [-0.1, -0.05) is 6.07 Å². The molecule has 1 aromatic rings. The van der Waals surface area contributed by atoms with Gasteiger partial charge in [0.25, 0.3) is 0 Å². The molecule has 1 rings (SSSR count). The fourth-order valence-corrected chi connectivity index (χ4v) is 0.931. The Morgan fingerprint density at radius 3 is 1.79 bits per heavy atom. The molecule has 1 radical (unpaired) electrons. The topological polar surface area (TPSA) is 131 Å². The number of aliphatic hydroxyl groups is 5. The van der Waals surface area contributed by atoms with Crippen LogP contribution in [0, 0.1) is 0 Å². The van der Waals surface area contributed by atoms with Crippen LogP contribution in [-0.2, 0) is 23.4 Å². The average molecular weight is 310 g/mol. The van der Waals surface area contributed by atoms with E-state index >= 15 is 0 Å². The molecule has 4 unspecified atom stereocenters. The zero-order valence-corrected chi connectivity index (χ0v) is 11.4. The third-order valence-corrected chi connectivity index (χ3v) is 1.99. The maximum absolute atomic E-state index is 9.90. The van der Waals surface area contributed by atoms with Crippen LogP contribution in [0.5, 0.6) is 0 Å². The Morgan fingerprint density at radius 2 is 1.53 bits per heavy atom. The van der Waals surface area contributed by atoms with Crippen LogP contribution in [0.15, 0.2) is 30.6 Å². The Kier molecular flexibility index (Phi) is 13.2. The van der Waals surface area contributed by atoms with Gasteiger partial charge in [-0.25, -0.2) is 0 Å². The second kappa shape index (κ2) is 12.2. The van der Waals surface area contributed by atoms with Gasteiger partial charge in [-0.05, 0) is 12.1 Å². The molecule has 4 atom stereocenters. The smallest absolute Gasteiger partial charge is 0.151 e. The molecule has 0 aromatic carbocycles. The zero-order chi connectivity index (χ0) is 14.0. The third-order valence-electron chi connectivity index (χ3n) is 1.99. The van der Waals surface area contributed by atoms with Crippen molar-refractivity contribution in [1.29, 1.82) is 0 Å². The van der Waals surface area contributed by atoms with Crippen LogP contribution in [-0.4, -0.2) is 67.8 Å². The van der Waals surface area contributed by atoms with Crippen LogP contribution in [0.2, 0.25) is 0 Å². The molecular weight excluding hydrogens is 293 g/mol. The summed E-state index contributed by atoms with van der Waals surface area (Å²) in [5.74, 6) is 0. The van der Waals surface area contributed by atoms with E-state index in [4.69, 9.17) is 25.5 Å². The quantitative estimate of drug-likeness (QED) is 0.387. The van der Waals surface area contributed by atoms with Crippen molar-refractivity contribution in [2.24, 2.45) is 0 Å². The van der Waals surface area contributed by atoms with Crippen LogP contribution in [0.25, 0.3) is 0 Å². The van der Waals surface area contributed by atoms with Gasteiger partial charge in [-0.15, -0.1) is 0 Å². The van der Waals surface area contributed by atoms with Crippen molar-refractivity contribution in [3.05, 3.63) is 30.6 Å². The molecule has 8 heteroatoms. The summed E-state index contributed by atoms with van der Waals surface area (Å²) in [5.41, 5.74) is 0. The first-order valence-electron chi connectivity index (χ1n) is 5.18. The molecule has 0 aliphatic rings. The van der Waals surface area contributed by atoms with E-state index in [1.165, 1.54) is 0 Å². The molecule has 1 aromatic heterocycles. The largest absolute Gasteiger partial charge is 0.394 e. The molecule has 1 heterocycles. The van der Waals surface area contributed by atoms with Gasteiger partial charge in [0, 0.05) is 30.9 Å². The number of pyridine rings is 1. The summed E-state index contributed by atoms with van der Waals surface area (Å²) in [6.07, 6.45) is -3.34. The Labute approximate surface area is 122 Å². The van der Waals surface area contributed by atoms with Gasteiger partial charge in [0.05, 0.1) is 6.61 Å². The summed E-state index contributed by atoms with van der Waals surface area (Å²) >= 11 is 0. The molecule has 0 bridgehead atoms. The number of aldehydes is 1. The summed E-state index contributed by atoms with van der Waals surface area (Å²) < 4.78 is 0. The minimum absolute atomic E-state index is 0. The summed E-state index contributed by atoms with van der Waals surface area (Å²) in [6, 6.07) is 5.72. The maximum atomic E-state index is 9.90. The van der Waals surface area contributed by atoms with Crippen molar-refractivity contribution in [1.82, 2.24) is 4.98 Å². The first-order chi connectivity index (χ1) is 8.54. The molecule has 0 saturated heterocycles. The maximum Gasteiger partial charge on any atom is 0.151 e. The van der Waals surface area contributed by atoms with Crippen LogP contribution in [0.4, 0.5) is 0 Å². The number of aromatic nitrogens is 1. The van der Waals surface area contributed by atoms with E-state index in [0.29, 0.717) is 0 Å². The summed E-state index contributed by atoms with van der Waals surface area (Å²) in [6.45, 7) is -0.760. The summed E-state index contributed by atoms with van der Waals surface area (Å²) in [4.78, 5) is 13.7. The normalized spacial score (nSPS) is 15.8. The monoisotopic (exact) mass is 310 g/mol. The predicted molar refractivity (Wildman–Crippen MR) is 61.4 cm³/mol. The molecule has 7 nitrogen and oxygen atoms in total. The fraction of sp³-hybridized carbons (Fsp3) is 0.455. The molecule has 19 heavy (non-hydrogen) atoms. The molecule has 0 amide bonds. The number of carbonyl (C=O) groups is 1. The van der Waals surface area contributed by atoms with Crippen molar-refractivity contribution < 1.29 is 48.9 Å². The first kappa shape index (κ1) is 20.5. The Balaban J connectivity index is 0. The minimum Gasteiger partial charge on any atom is -0.394 e. The summed E-state index contributed by atoms with van der Waals surface area (Å²) in [7, 11) is 0. The standard InChI is InChI=1S/C6H12O6.C5H5N.V/c7-1-3(9)5(11)6(12)4(10)2-8;1-2-4-6-5-3-1;/h1,3-6,8-12H,2H2;1-5H;. The van der Waals surface area contributed by atoms with Gasteiger partial charge in [0.2, 0.25) is 0 Å². The van der Waals surface area contributed by atoms with Crippen molar-refractivity contribution in [2.45, 2.75) is 24.4 Å². The van der Waals surface area contributed by atoms with E-state index in [2.05, 4.69) is 4.98 Å². The Hall–Kier alpha value is -0.796. The zero-order valence-electron chi connectivity index (χ0n) is 10.0.